The molecule has 6 nitrogen and oxygen atoms in total. The van der Waals surface area contributed by atoms with E-state index in [9.17, 15) is 0 Å². The van der Waals surface area contributed by atoms with Gasteiger partial charge in [0.2, 0.25) is 5.88 Å². The van der Waals surface area contributed by atoms with Crippen molar-refractivity contribution in [3.8, 4) is 11.6 Å². The molecule has 0 amide bonds. The van der Waals surface area contributed by atoms with Crippen molar-refractivity contribution in [2.24, 2.45) is 10.9 Å². The third kappa shape index (κ3) is 2.75. The quantitative estimate of drug-likeness (QED) is 0.392. The Balaban J connectivity index is 2.35. The van der Waals surface area contributed by atoms with Crippen LogP contribution in [-0.2, 0) is 0 Å². The molecule has 2 heterocycles. The molecule has 0 aliphatic rings. The number of ether oxygens (including phenoxy) is 1. The predicted octanol–water partition coefficient (Wildman–Crippen LogP) is 2.13. The largest absolute Gasteiger partial charge is 0.437 e. The van der Waals surface area contributed by atoms with Crippen LogP contribution in [0.4, 0.5) is 0 Å². The molecule has 0 bridgehead atoms. The van der Waals surface area contributed by atoms with Gasteiger partial charge in [0, 0.05) is 16.9 Å². The van der Waals surface area contributed by atoms with Crippen LogP contribution >= 0.6 is 15.9 Å². The maximum absolute atomic E-state index is 8.68. The van der Waals surface area contributed by atoms with Crippen LogP contribution in [-0.4, -0.2) is 21.0 Å². The van der Waals surface area contributed by atoms with Crippen molar-refractivity contribution in [2.45, 2.75) is 0 Å². The molecule has 18 heavy (non-hydrogen) atoms. The van der Waals surface area contributed by atoms with Crippen molar-refractivity contribution in [1.82, 2.24) is 9.97 Å². The predicted molar refractivity (Wildman–Crippen MR) is 68.8 cm³/mol. The van der Waals surface area contributed by atoms with Crippen LogP contribution in [0.25, 0.3) is 0 Å². The minimum atomic E-state index is -0.0685. The minimum absolute atomic E-state index is 0.0685. The van der Waals surface area contributed by atoms with Gasteiger partial charge in [0.25, 0.3) is 0 Å². The first kappa shape index (κ1) is 12.3. The Morgan fingerprint density at radius 2 is 2.28 bits per heavy atom. The fraction of sp³-hybridized carbons (Fsp3) is 0. The van der Waals surface area contributed by atoms with Crippen molar-refractivity contribution in [3.05, 3.63) is 46.8 Å². The lowest BCUT2D eigenvalue weighted by molar-refractivity contribution is 0.318. The number of oxime groups is 1. The molecule has 0 aromatic carbocycles. The highest BCUT2D eigenvalue weighted by molar-refractivity contribution is 9.10. The zero-order chi connectivity index (χ0) is 13.0. The van der Waals surface area contributed by atoms with Crippen LogP contribution in [0.2, 0.25) is 0 Å². The molecule has 2 aromatic rings. The van der Waals surface area contributed by atoms with Crippen molar-refractivity contribution >= 4 is 21.8 Å². The number of nitrogens with two attached hydrogens (primary N) is 1. The number of hydrogen-bond acceptors (Lipinski definition) is 5. The molecule has 2 aromatic heterocycles. The first-order chi connectivity index (χ1) is 8.70. The van der Waals surface area contributed by atoms with Gasteiger partial charge in [-0.2, -0.15) is 0 Å². The molecule has 0 saturated heterocycles. The third-order valence-electron chi connectivity index (χ3n) is 2.05. The van der Waals surface area contributed by atoms with Gasteiger partial charge in [-0.05, 0) is 34.1 Å². The zero-order valence-corrected chi connectivity index (χ0v) is 10.7. The molecule has 7 heteroatoms. The van der Waals surface area contributed by atoms with Crippen LogP contribution < -0.4 is 10.5 Å². The highest BCUT2D eigenvalue weighted by Gasteiger charge is 2.10. The van der Waals surface area contributed by atoms with Gasteiger partial charge in [-0.1, -0.05) is 5.16 Å². The monoisotopic (exact) mass is 308 g/mol. The van der Waals surface area contributed by atoms with Crippen molar-refractivity contribution in [2.75, 3.05) is 0 Å². The number of nitrogens with zero attached hydrogens (tertiary/aromatic N) is 3. The number of pyridine rings is 2. The molecular formula is C11H9BrN4O2. The summed E-state index contributed by atoms with van der Waals surface area (Å²) in [5.41, 5.74) is 5.94. The Morgan fingerprint density at radius 1 is 1.44 bits per heavy atom. The van der Waals surface area contributed by atoms with Crippen LogP contribution in [0.5, 0.6) is 11.6 Å². The van der Waals surface area contributed by atoms with Crippen molar-refractivity contribution in [1.29, 1.82) is 0 Å². The summed E-state index contributed by atoms with van der Waals surface area (Å²) < 4.78 is 6.32. The minimum Gasteiger partial charge on any atom is -0.437 e. The topological polar surface area (TPSA) is 93.6 Å². The lowest BCUT2D eigenvalue weighted by Crippen LogP contribution is -2.14. The molecule has 0 saturated carbocycles. The van der Waals surface area contributed by atoms with E-state index in [0.29, 0.717) is 11.3 Å². The second-order valence-corrected chi connectivity index (χ2v) is 4.20. The number of halogens is 1. The average molecular weight is 309 g/mol. The van der Waals surface area contributed by atoms with Gasteiger partial charge < -0.3 is 15.7 Å². The molecule has 0 atom stereocenters. The van der Waals surface area contributed by atoms with E-state index in [4.69, 9.17) is 15.7 Å². The standard InChI is InChI=1S/C11H9BrN4O2/c12-7-4-8(6-14-5-7)18-11-9(10(13)16-17)2-1-3-15-11/h1-6,17H,(H2,13,16). The molecule has 92 valence electrons. The molecule has 0 spiro atoms. The van der Waals surface area contributed by atoms with Gasteiger partial charge in [-0.25, -0.2) is 4.98 Å². The van der Waals surface area contributed by atoms with Crippen molar-refractivity contribution in [3.63, 3.8) is 0 Å². The molecule has 0 unspecified atom stereocenters. The zero-order valence-electron chi connectivity index (χ0n) is 9.12. The number of hydrogen-bond donors (Lipinski definition) is 2. The molecule has 2 rings (SSSR count). The lowest BCUT2D eigenvalue weighted by atomic mass is 10.2. The van der Waals surface area contributed by atoms with Gasteiger partial charge in [-0.15, -0.1) is 0 Å². The normalized spacial score (nSPS) is 11.3. The number of rotatable bonds is 3. The number of aromatic nitrogens is 2. The summed E-state index contributed by atoms with van der Waals surface area (Å²) in [6, 6.07) is 5.04. The molecule has 0 aliphatic carbocycles. The fourth-order valence-electron chi connectivity index (χ4n) is 1.28. The van der Waals surface area contributed by atoms with Crippen LogP contribution in [0.3, 0.4) is 0 Å². The second kappa shape index (κ2) is 5.46. The molecule has 0 radical (unpaired) electrons. The second-order valence-electron chi connectivity index (χ2n) is 3.28. The van der Waals surface area contributed by atoms with Gasteiger partial charge in [-0.3, -0.25) is 4.98 Å². The summed E-state index contributed by atoms with van der Waals surface area (Å²) in [5.74, 6) is 0.670. The molecule has 0 fully saturated rings. The average Bonchev–Trinajstić information content (AvgIpc) is 2.38. The van der Waals surface area contributed by atoms with E-state index in [1.54, 1.807) is 30.6 Å². The summed E-state index contributed by atoms with van der Waals surface area (Å²) >= 11 is 3.29. The first-order valence-corrected chi connectivity index (χ1v) is 5.71. The van der Waals surface area contributed by atoms with E-state index < -0.39 is 0 Å². The summed E-state index contributed by atoms with van der Waals surface area (Å²) in [6.45, 7) is 0. The fourth-order valence-corrected chi connectivity index (χ4v) is 1.62. The van der Waals surface area contributed by atoms with Gasteiger partial charge in [0.15, 0.2) is 5.84 Å². The maximum atomic E-state index is 8.68. The molecule has 0 aliphatic heterocycles. The molecular weight excluding hydrogens is 300 g/mol. The van der Waals surface area contributed by atoms with Crippen LogP contribution in [0.1, 0.15) is 5.56 Å². The van der Waals surface area contributed by atoms with E-state index in [-0.39, 0.29) is 11.7 Å². The van der Waals surface area contributed by atoms with E-state index in [2.05, 4.69) is 31.1 Å². The highest BCUT2D eigenvalue weighted by atomic mass is 79.9. The highest BCUT2D eigenvalue weighted by Crippen LogP contribution is 2.24. The molecule has 3 N–H and O–H groups in total. The summed E-state index contributed by atoms with van der Waals surface area (Å²) in [6.07, 6.45) is 4.72. The summed E-state index contributed by atoms with van der Waals surface area (Å²) in [4.78, 5) is 8.00. The number of amidine groups is 1. The first-order valence-electron chi connectivity index (χ1n) is 4.92. The van der Waals surface area contributed by atoms with Crippen molar-refractivity contribution < 1.29 is 9.94 Å². The SMILES string of the molecule is N/C(=N/O)c1cccnc1Oc1cncc(Br)c1. The smallest absolute Gasteiger partial charge is 0.230 e. The van der Waals surface area contributed by atoms with Crippen LogP contribution in [0.15, 0.2) is 46.4 Å². The Bertz CT molecular complexity index is 589. The Morgan fingerprint density at radius 3 is 3.00 bits per heavy atom. The summed E-state index contributed by atoms with van der Waals surface area (Å²) in [7, 11) is 0. The van der Waals surface area contributed by atoms with E-state index in [0.717, 1.165) is 4.47 Å². The Labute approximate surface area is 111 Å². The van der Waals surface area contributed by atoms with Gasteiger partial charge in [0.1, 0.15) is 5.75 Å². The summed E-state index contributed by atoms with van der Waals surface area (Å²) in [5, 5.41) is 11.6. The van der Waals surface area contributed by atoms with Gasteiger partial charge in [0.05, 0.1) is 11.8 Å². The lowest BCUT2D eigenvalue weighted by Gasteiger charge is -2.08. The van der Waals surface area contributed by atoms with E-state index >= 15 is 0 Å². The maximum Gasteiger partial charge on any atom is 0.230 e. The van der Waals surface area contributed by atoms with E-state index in [1.165, 1.54) is 6.20 Å². The van der Waals surface area contributed by atoms with Gasteiger partial charge >= 0.3 is 0 Å². The van der Waals surface area contributed by atoms with Crippen LogP contribution in [0, 0.1) is 0 Å². The van der Waals surface area contributed by atoms with E-state index in [1.807, 2.05) is 0 Å². The Kier molecular flexibility index (Phi) is 3.73. The third-order valence-corrected chi connectivity index (χ3v) is 2.48. The Hall–Kier alpha value is -2.15.